The molecular formula is C21H27N3O2. The Balaban J connectivity index is 1.60. The van der Waals surface area contributed by atoms with Crippen molar-refractivity contribution in [2.24, 2.45) is 0 Å². The number of methoxy groups -OCH3 is 1. The molecule has 0 bridgehead atoms. The number of fused-ring (bicyclic) bond motifs is 1. The van der Waals surface area contributed by atoms with Gasteiger partial charge in [-0.1, -0.05) is 31.4 Å². The highest BCUT2D eigenvalue weighted by Crippen LogP contribution is 2.33. The van der Waals surface area contributed by atoms with Crippen LogP contribution >= 0.6 is 0 Å². The van der Waals surface area contributed by atoms with Crippen LogP contribution in [-0.2, 0) is 6.54 Å². The summed E-state index contributed by atoms with van der Waals surface area (Å²) >= 11 is 0. The molecular weight excluding hydrogens is 326 g/mol. The lowest BCUT2D eigenvalue weighted by atomic mass is 9.95. The van der Waals surface area contributed by atoms with E-state index in [0.29, 0.717) is 6.04 Å². The van der Waals surface area contributed by atoms with Gasteiger partial charge in [0.1, 0.15) is 5.75 Å². The highest BCUT2D eigenvalue weighted by atomic mass is 16.5. The quantitative estimate of drug-likeness (QED) is 0.908. The van der Waals surface area contributed by atoms with Gasteiger partial charge in [-0.05, 0) is 42.7 Å². The Morgan fingerprint density at radius 2 is 1.85 bits per heavy atom. The predicted octanol–water partition coefficient (Wildman–Crippen LogP) is 3.94. The summed E-state index contributed by atoms with van der Waals surface area (Å²) in [5.41, 5.74) is 2.28. The first-order valence-electron chi connectivity index (χ1n) is 9.62. The standard InChI is InChI=1S/C21H27N3O2/c1-26-18-11-9-16(10-12-18)20-19-8-5-13-23(19)14-15-24(20)21(25)22-17-6-3-2-4-7-17/h5,8-13,17,20H,2-4,6-7,14-15H2,1H3,(H,22,25). The summed E-state index contributed by atoms with van der Waals surface area (Å²) in [4.78, 5) is 15.1. The zero-order chi connectivity index (χ0) is 17.9. The molecule has 1 atom stereocenters. The van der Waals surface area contributed by atoms with Crippen LogP contribution in [0, 0.1) is 0 Å². The van der Waals surface area contributed by atoms with Gasteiger partial charge < -0.3 is 19.5 Å². The fraction of sp³-hybridized carbons (Fsp3) is 0.476. The monoisotopic (exact) mass is 353 g/mol. The minimum atomic E-state index is -0.0618. The second kappa shape index (κ2) is 7.44. The molecule has 0 saturated heterocycles. The lowest BCUT2D eigenvalue weighted by Crippen LogP contribution is -2.50. The molecule has 0 spiro atoms. The summed E-state index contributed by atoms with van der Waals surface area (Å²) in [6.45, 7) is 1.56. The minimum Gasteiger partial charge on any atom is -0.497 e. The molecule has 2 aliphatic rings. The maximum atomic E-state index is 13.1. The van der Waals surface area contributed by atoms with Crippen LogP contribution in [-0.4, -0.2) is 35.2 Å². The molecule has 1 N–H and O–H groups in total. The van der Waals surface area contributed by atoms with E-state index >= 15 is 0 Å². The van der Waals surface area contributed by atoms with Gasteiger partial charge in [0, 0.05) is 31.0 Å². The molecule has 1 unspecified atom stereocenters. The van der Waals surface area contributed by atoms with Crippen molar-refractivity contribution in [3.05, 3.63) is 53.9 Å². The molecule has 138 valence electrons. The van der Waals surface area contributed by atoms with E-state index in [4.69, 9.17) is 4.74 Å². The third-order valence-corrected chi connectivity index (χ3v) is 5.66. The first kappa shape index (κ1) is 17.0. The summed E-state index contributed by atoms with van der Waals surface area (Å²) in [5.74, 6) is 0.832. The van der Waals surface area contributed by atoms with E-state index < -0.39 is 0 Å². The van der Waals surface area contributed by atoms with Gasteiger partial charge >= 0.3 is 6.03 Å². The van der Waals surface area contributed by atoms with Crippen molar-refractivity contribution >= 4 is 6.03 Å². The molecule has 1 aromatic heterocycles. The lowest BCUT2D eigenvalue weighted by Gasteiger charge is -2.38. The molecule has 2 heterocycles. The van der Waals surface area contributed by atoms with Crippen molar-refractivity contribution in [2.75, 3.05) is 13.7 Å². The van der Waals surface area contributed by atoms with E-state index in [0.717, 1.165) is 37.2 Å². The van der Waals surface area contributed by atoms with Gasteiger partial charge in [0.25, 0.3) is 0 Å². The molecule has 5 heteroatoms. The zero-order valence-electron chi connectivity index (χ0n) is 15.4. The average molecular weight is 353 g/mol. The fourth-order valence-corrected chi connectivity index (χ4v) is 4.24. The van der Waals surface area contributed by atoms with Gasteiger partial charge in [0.15, 0.2) is 0 Å². The van der Waals surface area contributed by atoms with Crippen molar-refractivity contribution in [2.45, 2.75) is 50.7 Å². The largest absolute Gasteiger partial charge is 0.497 e. The number of benzene rings is 1. The summed E-state index contributed by atoms with van der Waals surface area (Å²) in [6.07, 6.45) is 8.03. The summed E-state index contributed by atoms with van der Waals surface area (Å²) in [7, 11) is 1.67. The van der Waals surface area contributed by atoms with Crippen molar-refractivity contribution in [1.29, 1.82) is 0 Å². The molecule has 1 fully saturated rings. The average Bonchev–Trinajstić information content (AvgIpc) is 3.17. The van der Waals surface area contributed by atoms with Crippen LogP contribution in [0.5, 0.6) is 5.75 Å². The smallest absolute Gasteiger partial charge is 0.318 e. The van der Waals surface area contributed by atoms with Crippen LogP contribution in [0.25, 0.3) is 0 Å². The number of amides is 2. The summed E-state index contributed by atoms with van der Waals surface area (Å²) in [5, 5.41) is 3.29. The van der Waals surface area contributed by atoms with Gasteiger partial charge in [-0.2, -0.15) is 0 Å². The van der Waals surface area contributed by atoms with Crippen molar-refractivity contribution in [3.8, 4) is 5.75 Å². The van der Waals surface area contributed by atoms with E-state index in [2.05, 4.69) is 40.3 Å². The van der Waals surface area contributed by atoms with E-state index in [1.54, 1.807) is 7.11 Å². The summed E-state index contributed by atoms with van der Waals surface area (Å²) < 4.78 is 7.54. The Labute approximate surface area is 154 Å². The van der Waals surface area contributed by atoms with E-state index in [1.807, 2.05) is 17.0 Å². The molecule has 26 heavy (non-hydrogen) atoms. The van der Waals surface area contributed by atoms with Crippen LogP contribution in [0.15, 0.2) is 42.6 Å². The van der Waals surface area contributed by atoms with Crippen LogP contribution in [0.1, 0.15) is 49.4 Å². The molecule has 1 aliphatic carbocycles. The first-order valence-corrected chi connectivity index (χ1v) is 9.62. The van der Waals surface area contributed by atoms with Crippen LogP contribution in [0.4, 0.5) is 4.79 Å². The van der Waals surface area contributed by atoms with E-state index in [-0.39, 0.29) is 12.1 Å². The SMILES string of the molecule is COc1ccc(C2c3cccn3CCN2C(=O)NC2CCCCC2)cc1. The number of urea groups is 1. The van der Waals surface area contributed by atoms with E-state index in [9.17, 15) is 4.79 Å². The van der Waals surface area contributed by atoms with Gasteiger partial charge in [-0.3, -0.25) is 0 Å². The number of hydrogen-bond donors (Lipinski definition) is 1. The van der Waals surface area contributed by atoms with Crippen LogP contribution in [0.3, 0.4) is 0 Å². The number of nitrogens with one attached hydrogen (secondary N) is 1. The number of aromatic nitrogens is 1. The molecule has 4 rings (SSSR count). The lowest BCUT2D eigenvalue weighted by molar-refractivity contribution is 0.162. The van der Waals surface area contributed by atoms with Gasteiger partial charge in [-0.15, -0.1) is 0 Å². The molecule has 2 aromatic rings. The fourth-order valence-electron chi connectivity index (χ4n) is 4.24. The number of hydrogen-bond acceptors (Lipinski definition) is 2. The molecule has 0 radical (unpaired) electrons. The number of rotatable bonds is 3. The second-order valence-electron chi connectivity index (χ2n) is 7.28. The Morgan fingerprint density at radius 3 is 2.58 bits per heavy atom. The number of nitrogens with zero attached hydrogens (tertiary/aromatic N) is 2. The molecule has 1 aromatic carbocycles. The maximum absolute atomic E-state index is 13.1. The number of ether oxygens (including phenoxy) is 1. The number of carbonyl (C=O) groups excluding carboxylic acids is 1. The minimum absolute atomic E-state index is 0.0603. The Kier molecular flexibility index (Phi) is 4.87. The highest BCUT2D eigenvalue weighted by molar-refractivity contribution is 5.76. The first-order chi connectivity index (χ1) is 12.8. The molecule has 1 saturated carbocycles. The van der Waals surface area contributed by atoms with Crippen molar-refractivity contribution < 1.29 is 9.53 Å². The number of carbonyl (C=O) groups is 1. The normalized spacial score (nSPS) is 20.5. The Bertz CT molecular complexity index is 747. The molecule has 1 aliphatic heterocycles. The highest BCUT2D eigenvalue weighted by Gasteiger charge is 2.33. The van der Waals surface area contributed by atoms with Crippen LogP contribution in [0.2, 0.25) is 0 Å². The third kappa shape index (κ3) is 3.30. The maximum Gasteiger partial charge on any atom is 0.318 e. The van der Waals surface area contributed by atoms with E-state index in [1.165, 1.54) is 25.0 Å². The van der Waals surface area contributed by atoms with Gasteiger partial charge in [-0.25, -0.2) is 4.79 Å². The molecule has 2 amide bonds. The van der Waals surface area contributed by atoms with Crippen molar-refractivity contribution in [3.63, 3.8) is 0 Å². The summed E-state index contributed by atoms with van der Waals surface area (Å²) in [6, 6.07) is 12.6. The predicted molar refractivity (Wildman–Crippen MR) is 101 cm³/mol. The Morgan fingerprint density at radius 1 is 1.08 bits per heavy atom. The molecule has 5 nitrogen and oxygen atoms in total. The van der Waals surface area contributed by atoms with Crippen molar-refractivity contribution in [1.82, 2.24) is 14.8 Å². The Hall–Kier alpha value is -2.43. The van der Waals surface area contributed by atoms with Gasteiger partial charge in [0.2, 0.25) is 0 Å². The topological polar surface area (TPSA) is 46.5 Å². The van der Waals surface area contributed by atoms with Gasteiger partial charge in [0.05, 0.1) is 13.2 Å². The zero-order valence-corrected chi connectivity index (χ0v) is 15.4. The van der Waals surface area contributed by atoms with Crippen LogP contribution < -0.4 is 10.1 Å². The third-order valence-electron chi connectivity index (χ3n) is 5.66. The second-order valence-corrected chi connectivity index (χ2v) is 7.28.